The van der Waals surface area contributed by atoms with E-state index in [-0.39, 0.29) is 6.10 Å². The largest absolute Gasteiger partial charge is 0.506 e. The Hall–Kier alpha value is -0.100. The van der Waals surface area contributed by atoms with Gasteiger partial charge in [0.15, 0.2) is 0 Å². The maximum Gasteiger partial charge on any atom is 0.134 e. The first kappa shape index (κ1) is 16.3. The highest BCUT2D eigenvalue weighted by Gasteiger charge is 2.24. The van der Waals surface area contributed by atoms with E-state index in [0.29, 0.717) is 11.8 Å². The van der Waals surface area contributed by atoms with Gasteiger partial charge in [0.05, 0.1) is 10.6 Å². The third-order valence-corrected chi connectivity index (χ3v) is 5.13. The van der Waals surface area contributed by atoms with Crippen molar-refractivity contribution in [3.05, 3.63) is 26.6 Å². The molecule has 1 fully saturated rings. The van der Waals surface area contributed by atoms with Gasteiger partial charge in [-0.2, -0.15) is 0 Å². The summed E-state index contributed by atoms with van der Waals surface area (Å²) in [7, 11) is 0. The summed E-state index contributed by atoms with van der Waals surface area (Å²) in [5.74, 6) is 0.322. The van der Waals surface area contributed by atoms with Crippen LogP contribution in [0.1, 0.15) is 38.2 Å². The normalized spacial score (nSPS) is 23.2. The SMILES string of the molecule is CCN(Cc1cc(Br)cc(Br)c1O)[C@H]1CC[C@H](O)CC1. The fraction of sp³-hybridized carbons (Fsp3) is 0.600. The van der Waals surface area contributed by atoms with Crippen molar-refractivity contribution in [2.75, 3.05) is 6.54 Å². The highest BCUT2D eigenvalue weighted by atomic mass is 79.9. The molecule has 0 aliphatic heterocycles. The lowest BCUT2D eigenvalue weighted by molar-refractivity contribution is 0.0724. The second-order valence-electron chi connectivity index (χ2n) is 5.42. The standard InChI is InChI=1S/C15H21Br2NO2/c1-2-18(12-3-5-13(19)6-4-12)9-10-7-11(16)8-14(17)15(10)20/h7-8,12-13,19-20H,2-6,9H2,1H3/t12-,13-. The van der Waals surface area contributed by atoms with Gasteiger partial charge in [-0.1, -0.05) is 22.9 Å². The number of aliphatic hydroxyl groups excluding tert-OH is 1. The van der Waals surface area contributed by atoms with E-state index >= 15 is 0 Å². The van der Waals surface area contributed by atoms with Gasteiger partial charge in [0.2, 0.25) is 0 Å². The molecule has 20 heavy (non-hydrogen) atoms. The number of aliphatic hydroxyl groups is 1. The monoisotopic (exact) mass is 405 g/mol. The van der Waals surface area contributed by atoms with Gasteiger partial charge in [-0.05, 0) is 60.3 Å². The van der Waals surface area contributed by atoms with Gasteiger partial charge in [0.25, 0.3) is 0 Å². The molecule has 2 N–H and O–H groups in total. The first-order valence-corrected chi connectivity index (χ1v) is 8.68. The van der Waals surface area contributed by atoms with Crippen molar-refractivity contribution in [3.8, 4) is 5.75 Å². The van der Waals surface area contributed by atoms with E-state index in [4.69, 9.17) is 0 Å². The lowest BCUT2D eigenvalue weighted by Crippen LogP contribution is -2.38. The molecule has 1 aliphatic rings. The molecular formula is C15H21Br2NO2. The predicted octanol–water partition coefficient (Wildman–Crippen LogP) is 4.04. The number of phenolic OH excluding ortho intramolecular Hbond substituents is 1. The number of phenols is 1. The maximum absolute atomic E-state index is 10.2. The van der Waals surface area contributed by atoms with E-state index in [1.807, 2.05) is 12.1 Å². The molecule has 1 aromatic rings. The van der Waals surface area contributed by atoms with Crippen molar-refractivity contribution in [1.82, 2.24) is 4.90 Å². The zero-order chi connectivity index (χ0) is 14.7. The maximum atomic E-state index is 10.2. The van der Waals surface area contributed by atoms with Crippen molar-refractivity contribution < 1.29 is 10.2 Å². The quantitative estimate of drug-likeness (QED) is 0.792. The number of halogens is 2. The van der Waals surface area contributed by atoms with Gasteiger partial charge in [0, 0.05) is 22.6 Å². The lowest BCUT2D eigenvalue weighted by atomic mass is 9.91. The van der Waals surface area contributed by atoms with Crippen LogP contribution >= 0.6 is 31.9 Å². The first-order chi connectivity index (χ1) is 9.51. The average molecular weight is 407 g/mol. The highest BCUT2D eigenvalue weighted by Crippen LogP contribution is 2.33. The zero-order valence-corrected chi connectivity index (χ0v) is 14.8. The fourth-order valence-corrected chi connectivity index (χ4v) is 4.19. The molecule has 0 unspecified atom stereocenters. The van der Waals surface area contributed by atoms with Crippen molar-refractivity contribution in [1.29, 1.82) is 0 Å². The van der Waals surface area contributed by atoms with Crippen LogP contribution in [0.4, 0.5) is 0 Å². The minimum Gasteiger partial charge on any atom is -0.506 e. The minimum atomic E-state index is -0.127. The molecule has 0 atom stereocenters. The van der Waals surface area contributed by atoms with Gasteiger partial charge >= 0.3 is 0 Å². The van der Waals surface area contributed by atoms with Gasteiger partial charge in [-0.15, -0.1) is 0 Å². The first-order valence-electron chi connectivity index (χ1n) is 7.10. The van der Waals surface area contributed by atoms with E-state index < -0.39 is 0 Å². The molecule has 2 rings (SSSR count). The smallest absolute Gasteiger partial charge is 0.134 e. The molecule has 0 bridgehead atoms. The van der Waals surface area contributed by atoms with Crippen molar-refractivity contribution in [3.63, 3.8) is 0 Å². The summed E-state index contributed by atoms with van der Waals surface area (Å²) in [5, 5.41) is 19.8. The van der Waals surface area contributed by atoms with E-state index in [0.717, 1.165) is 53.3 Å². The average Bonchev–Trinajstić information content (AvgIpc) is 2.42. The van der Waals surface area contributed by atoms with Crippen LogP contribution in [0.5, 0.6) is 5.75 Å². The molecule has 0 spiro atoms. The van der Waals surface area contributed by atoms with Gasteiger partial charge in [-0.3, -0.25) is 4.90 Å². The summed E-state index contributed by atoms with van der Waals surface area (Å²) in [6, 6.07) is 4.33. The number of aromatic hydroxyl groups is 1. The van der Waals surface area contributed by atoms with Crippen LogP contribution < -0.4 is 0 Å². The van der Waals surface area contributed by atoms with Crippen molar-refractivity contribution >= 4 is 31.9 Å². The summed E-state index contributed by atoms with van der Waals surface area (Å²) in [5.41, 5.74) is 0.930. The number of hydrogen-bond acceptors (Lipinski definition) is 3. The van der Waals surface area contributed by atoms with Crippen LogP contribution in [0.2, 0.25) is 0 Å². The molecule has 0 heterocycles. The Kier molecular flexibility index (Phi) is 5.90. The fourth-order valence-electron chi connectivity index (χ4n) is 2.88. The third kappa shape index (κ3) is 3.97. The molecule has 1 saturated carbocycles. The second-order valence-corrected chi connectivity index (χ2v) is 7.19. The van der Waals surface area contributed by atoms with Crippen LogP contribution in [-0.2, 0) is 6.54 Å². The van der Waals surface area contributed by atoms with Crippen LogP contribution in [-0.4, -0.2) is 33.8 Å². The molecule has 1 aromatic carbocycles. The van der Waals surface area contributed by atoms with Crippen molar-refractivity contribution in [2.45, 2.75) is 51.3 Å². The van der Waals surface area contributed by atoms with Gasteiger partial charge in [-0.25, -0.2) is 0 Å². The van der Waals surface area contributed by atoms with Crippen LogP contribution in [0, 0.1) is 0 Å². The van der Waals surface area contributed by atoms with E-state index in [1.54, 1.807) is 0 Å². The lowest BCUT2D eigenvalue weighted by Gasteiger charge is -2.35. The van der Waals surface area contributed by atoms with E-state index in [2.05, 4.69) is 43.7 Å². The zero-order valence-electron chi connectivity index (χ0n) is 11.6. The molecule has 0 amide bonds. The number of nitrogens with zero attached hydrogens (tertiary/aromatic N) is 1. The van der Waals surface area contributed by atoms with E-state index in [1.165, 1.54) is 0 Å². The van der Waals surface area contributed by atoms with Gasteiger partial charge < -0.3 is 10.2 Å². The number of rotatable bonds is 4. The minimum absolute atomic E-state index is 0.127. The third-order valence-electron chi connectivity index (χ3n) is 4.07. The Morgan fingerprint density at radius 1 is 1.20 bits per heavy atom. The Balaban J connectivity index is 2.10. The molecule has 112 valence electrons. The molecule has 3 nitrogen and oxygen atoms in total. The highest BCUT2D eigenvalue weighted by molar-refractivity contribution is 9.11. The molecule has 0 radical (unpaired) electrons. The van der Waals surface area contributed by atoms with Crippen LogP contribution in [0.25, 0.3) is 0 Å². The summed E-state index contributed by atoms with van der Waals surface area (Å²) in [6.07, 6.45) is 3.71. The predicted molar refractivity (Wildman–Crippen MR) is 87.9 cm³/mol. The molecule has 0 saturated heterocycles. The molecular weight excluding hydrogens is 386 g/mol. The van der Waals surface area contributed by atoms with Crippen molar-refractivity contribution in [2.24, 2.45) is 0 Å². The summed E-state index contributed by atoms with van der Waals surface area (Å²) in [4.78, 5) is 2.39. The Bertz CT molecular complexity index is 459. The van der Waals surface area contributed by atoms with Gasteiger partial charge in [0.1, 0.15) is 5.75 Å². The summed E-state index contributed by atoms with van der Waals surface area (Å²) in [6.45, 7) is 3.83. The number of benzene rings is 1. The second kappa shape index (κ2) is 7.25. The number of hydrogen-bond donors (Lipinski definition) is 2. The summed E-state index contributed by atoms with van der Waals surface area (Å²) < 4.78 is 1.68. The summed E-state index contributed by atoms with van der Waals surface area (Å²) >= 11 is 6.85. The van der Waals surface area contributed by atoms with Crippen LogP contribution in [0.3, 0.4) is 0 Å². The van der Waals surface area contributed by atoms with Crippen LogP contribution in [0.15, 0.2) is 21.1 Å². The molecule has 0 aromatic heterocycles. The Labute approximate surface area is 137 Å². The Morgan fingerprint density at radius 2 is 1.85 bits per heavy atom. The Morgan fingerprint density at radius 3 is 2.45 bits per heavy atom. The van der Waals surface area contributed by atoms with E-state index in [9.17, 15) is 10.2 Å². The topological polar surface area (TPSA) is 43.7 Å². The molecule has 5 heteroatoms. The molecule has 1 aliphatic carbocycles.